The van der Waals surface area contributed by atoms with Crippen molar-refractivity contribution in [3.63, 3.8) is 0 Å². The zero-order valence-electron chi connectivity index (χ0n) is 14.1. The third-order valence-electron chi connectivity index (χ3n) is 3.46. The van der Waals surface area contributed by atoms with Crippen molar-refractivity contribution in [1.29, 1.82) is 0 Å². The Morgan fingerprint density at radius 3 is 2.52 bits per heavy atom. The minimum Gasteiger partial charge on any atom is -0.460 e. The van der Waals surface area contributed by atoms with Crippen LogP contribution in [-0.4, -0.2) is 57.0 Å². The lowest BCUT2D eigenvalue weighted by Gasteiger charge is -2.33. The van der Waals surface area contributed by atoms with E-state index in [1.54, 1.807) is 22.8 Å². The molecule has 1 fully saturated rings. The predicted molar refractivity (Wildman–Crippen MR) is 82.1 cm³/mol. The highest BCUT2D eigenvalue weighted by molar-refractivity contribution is 5.84. The predicted octanol–water partition coefficient (Wildman–Crippen LogP) is 2.03. The Bertz CT molecular complexity index is 556. The molecule has 0 aromatic carbocycles. The van der Waals surface area contributed by atoms with Crippen molar-refractivity contribution >= 4 is 12.1 Å². The minimum atomic E-state index is -0.516. The Balaban J connectivity index is 1.89. The molecular formula is C15H24N4O4. The van der Waals surface area contributed by atoms with Gasteiger partial charge < -0.3 is 14.4 Å². The van der Waals surface area contributed by atoms with Crippen LogP contribution in [0.1, 0.15) is 57.2 Å². The van der Waals surface area contributed by atoms with Gasteiger partial charge in [0.1, 0.15) is 11.9 Å². The molecule has 8 heteroatoms. The Kier molecular flexibility index (Phi) is 5.23. The number of carbonyl (C=O) groups excluding carboxylic acids is 2. The van der Waals surface area contributed by atoms with Gasteiger partial charge in [0.15, 0.2) is 0 Å². The molecule has 8 nitrogen and oxygen atoms in total. The summed E-state index contributed by atoms with van der Waals surface area (Å²) in [4.78, 5) is 29.3. The van der Waals surface area contributed by atoms with E-state index in [9.17, 15) is 9.59 Å². The molecule has 128 valence electrons. The highest BCUT2D eigenvalue weighted by atomic mass is 16.6. The lowest BCUT2D eigenvalue weighted by Crippen LogP contribution is -2.42. The van der Waals surface area contributed by atoms with Crippen LogP contribution in [0.4, 0.5) is 4.79 Å². The summed E-state index contributed by atoms with van der Waals surface area (Å²) < 4.78 is 11.9. The maximum absolute atomic E-state index is 12.0. The summed E-state index contributed by atoms with van der Waals surface area (Å²) >= 11 is 0. The molecule has 0 saturated carbocycles. The highest BCUT2D eigenvalue weighted by Crippen LogP contribution is 2.23. The number of esters is 1. The summed E-state index contributed by atoms with van der Waals surface area (Å²) in [7, 11) is 0. The van der Waals surface area contributed by atoms with Crippen LogP contribution in [0.25, 0.3) is 0 Å². The van der Waals surface area contributed by atoms with Gasteiger partial charge in [-0.15, -0.1) is 5.10 Å². The first-order valence-corrected chi connectivity index (χ1v) is 7.86. The number of nitrogens with zero attached hydrogens (tertiary/aromatic N) is 4. The van der Waals surface area contributed by atoms with Crippen molar-refractivity contribution in [2.45, 2.75) is 52.2 Å². The number of hydrogen-bond donors (Lipinski definition) is 0. The zero-order chi connectivity index (χ0) is 17.0. The van der Waals surface area contributed by atoms with Crippen molar-refractivity contribution in [1.82, 2.24) is 19.7 Å². The van der Waals surface area contributed by atoms with Crippen LogP contribution in [0.5, 0.6) is 0 Å². The standard InChI is InChI=1S/C15H24N4O4/c1-5-22-13(20)12-16-10-19(17-12)11-6-8-18(9-7-11)14(21)23-15(2,3)4/h10-11H,5-9H2,1-4H3. The Hall–Kier alpha value is -2.12. The monoisotopic (exact) mass is 324 g/mol. The van der Waals surface area contributed by atoms with Crippen molar-refractivity contribution in [2.75, 3.05) is 19.7 Å². The summed E-state index contributed by atoms with van der Waals surface area (Å²) in [6.07, 6.45) is 2.73. The number of likely N-dealkylation sites (tertiary alicyclic amines) is 1. The fourth-order valence-corrected chi connectivity index (χ4v) is 2.38. The van der Waals surface area contributed by atoms with E-state index in [1.807, 2.05) is 20.8 Å². The fourth-order valence-electron chi connectivity index (χ4n) is 2.38. The number of piperidine rings is 1. The van der Waals surface area contributed by atoms with E-state index in [0.717, 1.165) is 12.8 Å². The SMILES string of the molecule is CCOC(=O)c1ncn(C2CCN(C(=O)OC(C)(C)C)CC2)n1. The number of hydrogen-bond acceptors (Lipinski definition) is 6. The maximum atomic E-state index is 12.0. The van der Waals surface area contributed by atoms with Crippen LogP contribution in [-0.2, 0) is 9.47 Å². The van der Waals surface area contributed by atoms with E-state index in [4.69, 9.17) is 9.47 Å². The molecule has 1 amide bonds. The Labute approximate surface area is 135 Å². The summed E-state index contributed by atoms with van der Waals surface area (Å²) in [6, 6.07) is 0.115. The molecule has 0 bridgehead atoms. The van der Waals surface area contributed by atoms with E-state index in [0.29, 0.717) is 19.7 Å². The summed E-state index contributed by atoms with van der Waals surface area (Å²) in [6.45, 7) is 8.77. The molecule has 0 radical (unpaired) electrons. The van der Waals surface area contributed by atoms with Crippen LogP contribution in [0.2, 0.25) is 0 Å². The lowest BCUT2D eigenvalue weighted by atomic mass is 10.1. The number of aromatic nitrogens is 3. The number of rotatable bonds is 3. The molecule has 0 aliphatic carbocycles. The second kappa shape index (κ2) is 6.97. The average Bonchev–Trinajstić information content (AvgIpc) is 2.96. The van der Waals surface area contributed by atoms with Crippen LogP contribution < -0.4 is 0 Å². The fraction of sp³-hybridized carbons (Fsp3) is 0.733. The van der Waals surface area contributed by atoms with Gasteiger partial charge in [0, 0.05) is 13.1 Å². The van der Waals surface area contributed by atoms with E-state index in [2.05, 4.69) is 10.1 Å². The lowest BCUT2D eigenvalue weighted by molar-refractivity contribution is 0.0184. The van der Waals surface area contributed by atoms with Gasteiger partial charge in [0.05, 0.1) is 12.6 Å². The van der Waals surface area contributed by atoms with E-state index in [1.165, 1.54) is 0 Å². The molecule has 1 aliphatic rings. The number of carbonyl (C=O) groups is 2. The largest absolute Gasteiger partial charge is 0.460 e. The van der Waals surface area contributed by atoms with E-state index in [-0.39, 0.29) is 18.0 Å². The normalized spacial score (nSPS) is 16.3. The molecule has 0 spiro atoms. The van der Waals surface area contributed by atoms with Gasteiger partial charge in [-0.25, -0.2) is 19.3 Å². The van der Waals surface area contributed by atoms with Crippen molar-refractivity contribution in [2.24, 2.45) is 0 Å². The van der Waals surface area contributed by atoms with Gasteiger partial charge in [-0.2, -0.15) is 0 Å². The zero-order valence-corrected chi connectivity index (χ0v) is 14.1. The maximum Gasteiger partial charge on any atom is 0.410 e. The first kappa shape index (κ1) is 17.2. The summed E-state index contributed by atoms with van der Waals surface area (Å²) in [5, 5.41) is 4.18. The van der Waals surface area contributed by atoms with Crippen LogP contribution in [0.15, 0.2) is 6.33 Å². The van der Waals surface area contributed by atoms with Crippen molar-refractivity contribution < 1.29 is 19.1 Å². The van der Waals surface area contributed by atoms with Gasteiger partial charge in [-0.1, -0.05) is 0 Å². The Morgan fingerprint density at radius 1 is 1.30 bits per heavy atom. The van der Waals surface area contributed by atoms with Gasteiger partial charge in [0.2, 0.25) is 0 Å². The first-order chi connectivity index (χ1) is 10.8. The number of amides is 1. The topological polar surface area (TPSA) is 86.6 Å². The smallest absolute Gasteiger partial charge is 0.410 e. The molecule has 23 heavy (non-hydrogen) atoms. The summed E-state index contributed by atoms with van der Waals surface area (Å²) in [5.41, 5.74) is -0.492. The van der Waals surface area contributed by atoms with Crippen molar-refractivity contribution in [3.05, 3.63) is 12.2 Å². The average molecular weight is 324 g/mol. The minimum absolute atomic E-state index is 0.0708. The van der Waals surface area contributed by atoms with Crippen LogP contribution >= 0.6 is 0 Å². The van der Waals surface area contributed by atoms with Crippen molar-refractivity contribution in [3.8, 4) is 0 Å². The molecule has 0 atom stereocenters. The highest BCUT2D eigenvalue weighted by Gasteiger charge is 2.28. The second-order valence-corrected chi connectivity index (χ2v) is 6.47. The Morgan fingerprint density at radius 2 is 1.96 bits per heavy atom. The van der Waals surface area contributed by atoms with Crippen LogP contribution in [0.3, 0.4) is 0 Å². The summed E-state index contributed by atoms with van der Waals surface area (Å²) in [5.74, 6) is -0.445. The third-order valence-corrected chi connectivity index (χ3v) is 3.46. The molecule has 0 unspecified atom stereocenters. The second-order valence-electron chi connectivity index (χ2n) is 6.47. The van der Waals surface area contributed by atoms with E-state index >= 15 is 0 Å². The van der Waals surface area contributed by atoms with Gasteiger partial charge >= 0.3 is 12.1 Å². The molecule has 1 aromatic rings. The third kappa shape index (κ3) is 4.67. The molecule has 1 saturated heterocycles. The molecule has 0 N–H and O–H groups in total. The van der Waals surface area contributed by atoms with Gasteiger partial charge in [-0.05, 0) is 40.5 Å². The molecule has 1 aromatic heterocycles. The van der Waals surface area contributed by atoms with Gasteiger partial charge in [0.25, 0.3) is 5.82 Å². The van der Waals surface area contributed by atoms with Gasteiger partial charge in [-0.3, -0.25) is 0 Å². The molecule has 2 heterocycles. The van der Waals surface area contributed by atoms with E-state index < -0.39 is 11.6 Å². The molecular weight excluding hydrogens is 300 g/mol. The molecule has 1 aliphatic heterocycles. The molecule has 2 rings (SSSR count). The quantitative estimate of drug-likeness (QED) is 0.791. The number of ether oxygens (including phenoxy) is 2. The van der Waals surface area contributed by atoms with Crippen LogP contribution in [0, 0.1) is 0 Å². The first-order valence-electron chi connectivity index (χ1n) is 7.86.